The van der Waals surface area contributed by atoms with Crippen LogP contribution in [0.5, 0.6) is 0 Å². The van der Waals surface area contributed by atoms with Crippen molar-refractivity contribution in [2.75, 3.05) is 11.4 Å². The fourth-order valence-corrected chi connectivity index (χ4v) is 5.44. The number of anilines is 1. The van der Waals surface area contributed by atoms with Crippen molar-refractivity contribution in [3.05, 3.63) is 85.0 Å². The lowest BCUT2D eigenvalue weighted by Crippen LogP contribution is -2.23. The van der Waals surface area contributed by atoms with E-state index in [0.29, 0.717) is 29.2 Å². The van der Waals surface area contributed by atoms with E-state index in [1.807, 2.05) is 30.3 Å². The van der Waals surface area contributed by atoms with Gasteiger partial charge in [-0.3, -0.25) is 14.6 Å². The minimum absolute atomic E-state index is 0.0261. The van der Waals surface area contributed by atoms with Crippen molar-refractivity contribution in [2.24, 2.45) is 0 Å². The number of benzene rings is 2. The molecule has 1 aliphatic heterocycles. The number of aromatic amines is 2. The number of rotatable bonds is 5. The molecule has 0 saturated heterocycles. The van der Waals surface area contributed by atoms with Crippen molar-refractivity contribution in [2.45, 2.75) is 18.9 Å². The van der Waals surface area contributed by atoms with Crippen LogP contribution < -0.4 is 16.1 Å². The summed E-state index contributed by atoms with van der Waals surface area (Å²) in [6.07, 6.45) is 1.42. The Hall–Kier alpha value is -3.36. The number of H-pyrrole nitrogens is 2. The van der Waals surface area contributed by atoms with Crippen molar-refractivity contribution in [1.29, 1.82) is 0 Å². The number of thiophene rings is 1. The number of aromatic nitrogens is 2. The number of carboxylic acids is 1. The molecule has 1 atom stereocenters. The van der Waals surface area contributed by atoms with E-state index >= 15 is 0 Å². The molecule has 4 aromatic rings. The molecule has 3 N–H and O–H groups in total. The molecule has 0 fully saturated rings. The van der Waals surface area contributed by atoms with E-state index in [2.05, 4.69) is 20.2 Å². The minimum Gasteiger partial charge on any atom is -0.481 e. The highest BCUT2D eigenvalue weighted by Crippen LogP contribution is 2.42. The third-order valence-corrected chi connectivity index (χ3v) is 7.03. The van der Waals surface area contributed by atoms with Gasteiger partial charge in [-0.1, -0.05) is 23.7 Å². The predicted molar refractivity (Wildman–Crippen MR) is 126 cm³/mol. The average molecular weight is 468 g/mol. The lowest BCUT2D eigenvalue weighted by Gasteiger charge is -2.20. The Morgan fingerprint density at radius 1 is 1.22 bits per heavy atom. The maximum absolute atomic E-state index is 12.3. The Morgan fingerprint density at radius 2 is 2.06 bits per heavy atom. The molecule has 2 aromatic heterocycles. The van der Waals surface area contributed by atoms with Crippen LogP contribution in [-0.2, 0) is 11.3 Å². The summed E-state index contributed by atoms with van der Waals surface area (Å²) in [7, 11) is 0. The summed E-state index contributed by atoms with van der Waals surface area (Å²) >= 11 is 7.85. The van der Waals surface area contributed by atoms with Gasteiger partial charge in [0.2, 0.25) is 0 Å². The number of hydrogen-bond acceptors (Lipinski definition) is 5. The van der Waals surface area contributed by atoms with Crippen LogP contribution in [0.2, 0.25) is 5.02 Å². The molecule has 0 radical (unpaired) electrons. The van der Waals surface area contributed by atoms with Crippen LogP contribution in [0, 0.1) is 0 Å². The first-order chi connectivity index (χ1) is 15.4. The minimum atomic E-state index is -0.850. The highest BCUT2D eigenvalue weighted by atomic mass is 35.5. The highest BCUT2D eigenvalue weighted by Gasteiger charge is 2.31. The van der Waals surface area contributed by atoms with Gasteiger partial charge in [0.05, 0.1) is 12.0 Å². The van der Waals surface area contributed by atoms with Gasteiger partial charge in [0.1, 0.15) is 0 Å². The fourth-order valence-electron chi connectivity index (χ4n) is 4.33. The van der Waals surface area contributed by atoms with Gasteiger partial charge in [-0.25, -0.2) is 4.79 Å². The van der Waals surface area contributed by atoms with E-state index in [1.54, 1.807) is 17.4 Å². The van der Waals surface area contributed by atoms with Gasteiger partial charge in [-0.05, 0) is 51.7 Å². The molecule has 1 aliphatic rings. The van der Waals surface area contributed by atoms with Crippen LogP contribution in [-0.4, -0.2) is 27.6 Å². The predicted octanol–water partition coefficient (Wildman–Crippen LogP) is 4.18. The number of nitrogens with zero attached hydrogens (tertiary/aromatic N) is 1. The van der Waals surface area contributed by atoms with Gasteiger partial charge < -0.3 is 15.0 Å². The van der Waals surface area contributed by atoms with Gasteiger partial charge in [0, 0.05) is 40.6 Å². The lowest BCUT2D eigenvalue weighted by atomic mass is 9.96. The number of carboxylic acid groups (broad SMARTS) is 1. The van der Waals surface area contributed by atoms with Gasteiger partial charge in [-0.2, -0.15) is 0 Å². The molecule has 7 nitrogen and oxygen atoms in total. The number of aliphatic carboxylic acids is 1. The number of hydrogen-bond donors (Lipinski definition) is 3. The number of carbonyl (C=O) groups is 1. The molecule has 5 rings (SSSR count). The summed E-state index contributed by atoms with van der Waals surface area (Å²) in [6, 6.07) is 11.4. The molecule has 0 saturated carbocycles. The maximum Gasteiger partial charge on any atom is 0.325 e. The summed E-state index contributed by atoms with van der Waals surface area (Å²) in [5.74, 6) is -1.00. The monoisotopic (exact) mass is 467 g/mol. The molecular weight excluding hydrogens is 450 g/mol. The molecule has 0 spiro atoms. The zero-order chi connectivity index (χ0) is 22.4. The summed E-state index contributed by atoms with van der Waals surface area (Å²) in [5, 5.41) is 13.2. The van der Waals surface area contributed by atoms with Gasteiger partial charge >= 0.3 is 11.7 Å². The van der Waals surface area contributed by atoms with Crippen molar-refractivity contribution < 1.29 is 9.90 Å². The standard InChI is InChI=1S/C23H18ClN3O4S/c24-15-2-4-20-17(7-15)14(11-32-20)10-27-9-13(6-21(28)29)16-3-1-12(5-19(16)27)18-8-25-23(31)26-22(18)30/h1-5,7-8,11,13H,6,9-10H2,(H,28,29)(H2,25,26,30,31). The van der Waals surface area contributed by atoms with Crippen LogP contribution in [0.1, 0.15) is 23.5 Å². The first-order valence-electron chi connectivity index (χ1n) is 9.98. The second-order valence-corrected chi connectivity index (χ2v) is 9.18. The summed E-state index contributed by atoms with van der Waals surface area (Å²) in [6.45, 7) is 1.15. The summed E-state index contributed by atoms with van der Waals surface area (Å²) < 4.78 is 1.14. The molecule has 3 heterocycles. The Morgan fingerprint density at radius 3 is 2.84 bits per heavy atom. The van der Waals surface area contributed by atoms with E-state index in [-0.39, 0.29) is 12.3 Å². The largest absolute Gasteiger partial charge is 0.481 e. The molecule has 2 aromatic carbocycles. The van der Waals surface area contributed by atoms with Gasteiger partial charge in [-0.15, -0.1) is 11.3 Å². The van der Waals surface area contributed by atoms with E-state index in [9.17, 15) is 19.5 Å². The normalized spacial score (nSPS) is 15.3. The van der Waals surface area contributed by atoms with Crippen molar-refractivity contribution in [3.63, 3.8) is 0 Å². The Kier molecular flexibility index (Phi) is 5.11. The van der Waals surface area contributed by atoms with E-state index in [1.165, 1.54) is 6.20 Å². The van der Waals surface area contributed by atoms with E-state index in [0.717, 1.165) is 26.9 Å². The fraction of sp³-hybridized carbons (Fsp3) is 0.174. The first-order valence-corrected chi connectivity index (χ1v) is 11.2. The second kappa shape index (κ2) is 7.96. The molecule has 162 valence electrons. The van der Waals surface area contributed by atoms with Gasteiger partial charge in [0.25, 0.3) is 5.56 Å². The third-order valence-electron chi connectivity index (χ3n) is 5.78. The smallest absolute Gasteiger partial charge is 0.325 e. The van der Waals surface area contributed by atoms with Crippen LogP contribution in [0.25, 0.3) is 21.2 Å². The van der Waals surface area contributed by atoms with E-state index < -0.39 is 17.2 Å². The molecule has 1 unspecified atom stereocenters. The highest BCUT2D eigenvalue weighted by molar-refractivity contribution is 7.17. The van der Waals surface area contributed by atoms with Crippen LogP contribution in [0.4, 0.5) is 5.69 Å². The van der Waals surface area contributed by atoms with E-state index in [4.69, 9.17) is 11.6 Å². The molecular formula is C23H18ClN3O4S. The van der Waals surface area contributed by atoms with Crippen LogP contribution in [0.3, 0.4) is 0 Å². The average Bonchev–Trinajstić information content (AvgIpc) is 3.29. The molecule has 9 heteroatoms. The van der Waals surface area contributed by atoms with Crippen molar-refractivity contribution in [1.82, 2.24) is 9.97 Å². The number of fused-ring (bicyclic) bond motifs is 2. The third kappa shape index (κ3) is 3.72. The summed E-state index contributed by atoms with van der Waals surface area (Å²) in [5.41, 5.74) is 2.91. The number of nitrogens with one attached hydrogen (secondary N) is 2. The quantitative estimate of drug-likeness (QED) is 0.408. The maximum atomic E-state index is 12.3. The molecule has 32 heavy (non-hydrogen) atoms. The SMILES string of the molecule is O=C(O)CC1CN(Cc2csc3ccc(Cl)cc23)c2cc(-c3c[nH]c(=O)[nH]c3=O)ccc21. The zero-order valence-corrected chi connectivity index (χ0v) is 18.3. The lowest BCUT2D eigenvalue weighted by molar-refractivity contribution is -0.137. The molecule has 0 amide bonds. The molecule has 0 aliphatic carbocycles. The number of halogens is 1. The van der Waals surface area contributed by atoms with Crippen LogP contribution in [0.15, 0.2) is 57.6 Å². The first kappa shape index (κ1) is 20.5. The van der Waals surface area contributed by atoms with Crippen molar-refractivity contribution >= 4 is 44.7 Å². The Balaban J connectivity index is 1.57. The van der Waals surface area contributed by atoms with Crippen molar-refractivity contribution in [3.8, 4) is 11.1 Å². The topological polar surface area (TPSA) is 106 Å². The molecule has 0 bridgehead atoms. The van der Waals surface area contributed by atoms with Crippen LogP contribution >= 0.6 is 22.9 Å². The Bertz CT molecular complexity index is 1470. The zero-order valence-electron chi connectivity index (χ0n) is 16.7. The second-order valence-electron chi connectivity index (χ2n) is 7.84. The summed E-state index contributed by atoms with van der Waals surface area (Å²) in [4.78, 5) is 42.0. The van der Waals surface area contributed by atoms with Gasteiger partial charge in [0.15, 0.2) is 0 Å². The Labute approximate surface area is 190 Å².